The van der Waals surface area contributed by atoms with Crippen LogP contribution in [-0.4, -0.2) is 5.78 Å². The third-order valence-electron chi connectivity index (χ3n) is 4.34. The van der Waals surface area contributed by atoms with Gasteiger partial charge in [-0.25, -0.2) is 0 Å². The minimum absolute atomic E-state index is 0.189. The number of carbonyl (C=O) groups is 1. The average Bonchev–Trinajstić information content (AvgIpc) is 2.09. The third-order valence-corrected chi connectivity index (χ3v) is 4.34. The summed E-state index contributed by atoms with van der Waals surface area (Å²) in [6.07, 6.45) is 2.09. The quantitative estimate of drug-likeness (QED) is 0.583. The molecule has 0 spiro atoms. The van der Waals surface area contributed by atoms with Crippen LogP contribution in [0.15, 0.2) is 12.2 Å². The predicted octanol–water partition coefficient (Wildman–Crippen LogP) is 3.59. The number of rotatable bonds is 1. The first-order valence-corrected chi connectivity index (χ1v) is 5.44. The molecule has 0 aliphatic heterocycles. The number of allylic oxidation sites excluding steroid dienone is 1. The topological polar surface area (TPSA) is 17.1 Å². The second-order valence-electron chi connectivity index (χ2n) is 5.60. The summed E-state index contributed by atoms with van der Waals surface area (Å²) in [6.45, 7) is 14.3. The van der Waals surface area contributed by atoms with Gasteiger partial charge in [0.1, 0.15) is 5.78 Å². The minimum Gasteiger partial charge on any atom is -0.298 e. The van der Waals surface area contributed by atoms with E-state index in [-0.39, 0.29) is 10.8 Å². The Morgan fingerprint density at radius 3 is 2.36 bits per heavy atom. The highest BCUT2D eigenvalue weighted by molar-refractivity contribution is 5.92. The van der Waals surface area contributed by atoms with E-state index in [4.69, 9.17) is 0 Å². The Labute approximate surface area is 87.6 Å². The fourth-order valence-corrected chi connectivity index (χ4v) is 2.32. The van der Waals surface area contributed by atoms with Crippen molar-refractivity contribution in [1.82, 2.24) is 0 Å². The standard InChI is InChI=1S/C13H22O/c1-9(2)13(6)8-7-10(3)12(4,5)11(13)14/h10H,1,7-8H2,2-6H3/t10-,13-/m0/s1. The van der Waals surface area contributed by atoms with E-state index in [1.54, 1.807) is 0 Å². The molecule has 1 aliphatic rings. The number of carbonyl (C=O) groups excluding carboxylic acids is 1. The Morgan fingerprint density at radius 1 is 1.43 bits per heavy atom. The second-order valence-corrected chi connectivity index (χ2v) is 5.60. The van der Waals surface area contributed by atoms with Crippen LogP contribution in [-0.2, 0) is 4.79 Å². The zero-order chi connectivity index (χ0) is 11.1. The van der Waals surface area contributed by atoms with Crippen LogP contribution in [0.1, 0.15) is 47.5 Å². The number of hydrogen-bond donors (Lipinski definition) is 0. The Morgan fingerprint density at radius 2 is 1.93 bits per heavy atom. The maximum Gasteiger partial charge on any atom is 0.148 e. The van der Waals surface area contributed by atoms with E-state index in [0.717, 1.165) is 18.4 Å². The zero-order valence-electron chi connectivity index (χ0n) is 10.1. The Balaban J connectivity index is 3.08. The molecule has 0 saturated heterocycles. The van der Waals surface area contributed by atoms with Crippen LogP contribution in [0.2, 0.25) is 0 Å². The lowest BCUT2D eigenvalue weighted by molar-refractivity contribution is -0.141. The molecule has 0 bridgehead atoms. The van der Waals surface area contributed by atoms with Crippen LogP contribution in [0.5, 0.6) is 0 Å². The van der Waals surface area contributed by atoms with Crippen LogP contribution in [0, 0.1) is 16.7 Å². The van der Waals surface area contributed by atoms with E-state index >= 15 is 0 Å². The second kappa shape index (κ2) is 3.22. The molecule has 2 atom stereocenters. The lowest BCUT2D eigenvalue weighted by Gasteiger charge is -2.45. The summed E-state index contributed by atoms with van der Waals surface area (Å²) >= 11 is 0. The molecule has 1 saturated carbocycles. The van der Waals surface area contributed by atoms with E-state index in [9.17, 15) is 4.79 Å². The van der Waals surface area contributed by atoms with Gasteiger partial charge in [-0.3, -0.25) is 4.79 Å². The van der Waals surface area contributed by atoms with Gasteiger partial charge in [-0.2, -0.15) is 0 Å². The smallest absolute Gasteiger partial charge is 0.148 e. The molecule has 1 aliphatic carbocycles. The molecular formula is C13H22O. The molecule has 0 heterocycles. The maximum absolute atomic E-state index is 12.4. The number of hydrogen-bond acceptors (Lipinski definition) is 1. The molecule has 80 valence electrons. The molecule has 1 fully saturated rings. The van der Waals surface area contributed by atoms with Crippen molar-refractivity contribution < 1.29 is 4.79 Å². The van der Waals surface area contributed by atoms with Crippen LogP contribution in [0.25, 0.3) is 0 Å². The normalized spacial score (nSPS) is 36.9. The van der Waals surface area contributed by atoms with Gasteiger partial charge in [0, 0.05) is 10.8 Å². The SMILES string of the molecule is C=C(C)[C@]1(C)CC[C@H](C)C(C)(C)C1=O. The van der Waals surface area contributed by atoms with Gasteiger partial charge in [0.25, 0.3) is 0 Å². The molecule has 1 heteroatoms. The average molecular weight is 194 g/mol. The highest BCUT2D eigenvalue weighted by Crippen LogP contribution is 2.48. The molecule has 0 aromatic rings. The molecule has 1 rings (SSSR count). The molecule has 0 unspecified atom stereocenters. The first kappa shape index (κ1) is 11.5. The first-order chi connectivity index (χ1) is 6.23. The maximum atomic E-state index is 12.4. The van der Waals surface area contributed by atoms with E-state index in [1.165, 1.54) is 0 Å². The highest BCUT2D eigenvalue weighted by atomic mass is 16.1. The van der Waals surface area contributed by atoms with Crippen molar-refractivity contribution in [1.29, 1.82) is 0 Å². The molecule has 0 aromatic heterocycles. The highest BCUT2D eigenvalue weighted by Gasteiger charge is 2.49. The van der Waals surface area contributed by atoms with Gasteiger partial charge in [-0.15, -0.1) is 0 Å². The minimum atomic E-state index is -0.282. The molecule has 0 aromatic carbocycles. The van der Waals surface area contributed by atoms with Crippen molar-refractivity contribution in [3.63, 3.8) is 0 Å². The lowest BCUT2D eigenvalue weighted by Crippen LogP contribution is -2.47. The Bertz CT molecular complexity index is 275. The monoisotopic (exact) mass is 194 g/mol. The van der Waals surface area contributed by atoms with Gasteiger partial charge in [0.05, 0.1) is 0 Å². The number of ketones is 1. The van der Waals surface area contributed by atoms with Gasteiger partial charge < -0.3 is 0 Å². The molecule has 0 amide bonds. The van der Waals surface area contributed by atoms with Crippen molar-refractivity contribution in [3.8, 4) is 0 Å². The van der Waals surface area contributed by atoms with Crippen molar-refractivity contribution in [2.75, 3.05) is 0 Å². The summed E-state index contributed by atoms with van der Waals surface area (Å²) in [5.41, 5.74) is 0.546. The molecule has 14 heavy (non-hydrogen) atoms. The molecule has 0 N–H and O–H groups in total. The molecule has 0 radical (unpaired) electrons. The van der Waals surface area contributed by atoms with Gasteiger partial charge in [-0.1, -0.05) is 32.9 Å². The predicted molar refractivity (Wildman–Crippen MR) is 60.1 cm³/mol. The fourth-order valence-electron chi connectivity index (χ4n) is 2.32. The van der Waals surface area contributed by atoms with Crippen LogP contribution in [0.4, 0.5) is 0 Å². The summed E-state index contributed by atoms with van der Waals surface area (Å²) in [5, 5.41) is 0. The molecule has 1 nitrogen and oxygen atoms in total. The molecular weight excluding hydrogens is 172 g/mol. The van der Waals surface area contributed by atoms with E-state index in [1.807, 2.05) is 13.8 Å². The largest absolute Gasteiger partial charge is 0.298 e. The van der Waals surface area contributed by atoms with Crippen molar-refractivity contribution in [2.24, 2.45) is 16.7 Å². The van der Waals surface area contributed by atoms with Crippen LogP contribution in [0.3, 0.4) is 0 Å². The summed E-state index contributed by atoms with van der Waals surface area (Å²) < 4.78 is 0. The summed E-state index contributed by atoms with van der Waals surface area (Å²) in [7, 11) is 0. The van der Waals surface area contributed by atoms with Gasteiger partial charge in [0.2, 0.25) is 0 Å². The third kappa shape index (κ3) is 1.43. The zero-order valence-corrected chi connectivity index (χ0v) is 10.1. The van der Waals surface area contributed by atoms with E-state index in [0.29, 0.717) is 11.7 Å². The van der Waals surface area contributed by atoms with Crippen molar-refractivity contribution in [2.45, 2.75) is 47.5 Å². The fraction of sp³-hybridized carbons (Fsp3) is 0.769. The van der Waals surface area contributed by atoms with Crippen LogP contribution < -0.4 is 0 Å². The summed E-state index contributed by atoms with van der Waals surface area (Å²) in [6, 6.07) is 0. The van der Waals surface area contributed by atoms with E-state index < -0.39 is 0 Å². The van der Waals surface area contributed by atoms with Crippen molar-refractivity contribution >= 4 is 5.78 Å². The van der Waals surface area contributed by atoms with Gasteiger partial charge in [-0.05, 0) is 32.6 Å². The lowest BCUT2D eigenvalue weighted by atomic mass is 9.57. The number of Topliss-reactive ketones (excluding diaryl/α,β-unsaturated/α-hetero) is 1. The Hall–Kier alpha value is -0.590. The van der Waals surface area contributed by atoms with E-state index in [2.05, 4.69) is 27.4 Å². The summed E-state index contributed by atoms with van der Waals surface area (Å²) in [5.74, 6) is 0.860. The van der Waals surface area contributed by atoms with Crippen molar-refractivity contribution in [3.05, 3.63) is 12.2 Å². The summed E-state index contributed by atoms with van der Waals surface area (Å²) in [4.78, 5) is 12.4. The van der Waals surface area contributed by atoms with Gasteiger partial charge in [0.15, 0.2) is 0 Å². The first-order valence-electron chi connectivity index (χ1n) is 5.44. The van der Waals surface area contributed by atoms with Crippen LogP contribution >= 0.6 is 0 Å². The van der Waals surface area contributed by atoms with Gasteiger partial charge >= 0.3 is 0 Å². The Kier molecular flexibility index (Phi) is 2.64.